The van der Waals surface area contributed by atoms with Crippen molar-refractivity contribution in [1.82, 2.24) is 20.0 Å². The summed E-state index contributed by atoms with van der Waals surface area (Å²) in [5.74, 6) is 1.54. The van der Waals surface area contributed by atoms with Crippen molar-refractivity contribution in [2.24, 2.45) is 5.41 Å². The third-order valence-corrected chi connectivity index (χ3v) is 5.80. The zero-order chi connectivity index (χ0) is 22.2. The van der Waals surface area contributed by atoms with E-state index in [2.05, 4.69) is 10.1 Å². The Morgan fingerprint density at radius 1 is 1.23 bits per heavy atom. The monoisotopic (exact) mass is 438 g/mol. The predicted molar refractivity (Wildman–Crippen MR) is 121 cm³/mol. The Balaban J connectivity index is 1.75. The van der Waals surface area contributed by atoms with Crippen LogP contribution in [0.3, 0.4) is 0 Å². The van der Waals surface area contributed by atoms with Crippen molar-refractivity contribution in [2.45, 2.75) is 46.5 Å². The van der Waals surface area contributed by atoms with Gasteiger partial charge in [0.1, 0.15) is 0 Å². The normalized spacial score (nSPS) is 17.1. The highest BCUT2D eigenvalue weighted by Crippen LogP contribution is 2.35. The fourth-order valence-electron chi connectivity index (χ4n) is 3.98. The molecule has 1 aliphatic heterocycles. The van der Waals surface area contributed by atoms with Crippen molar-refractivity contribution in [2.75, 3.05) is 13.1 Å². The number of amides is 1. The standard InChI is InChI=1S/C24H27ClN4O2/c1-15-12-20(31-28-15)19-13-26-22(16-7-9-18(25)10-8-16)27-21(19)17-6-5-11-29(14-17)23(30)24(2,3)4/h7-10,12-13,17H,5-6,11,14H2,1-4H3. The minimum absolute atomic E-state index is 0.0921. The number of hydrogen-bond donors (Lipinski definition) is 0. The molecule has 162 valence electrons. The summed E-state index contributed by atoms with van der Waals surface area (Å²) in [5.41, 5.74) is 3.00. The van der Waals surface area contributed by atoms with E-state index in [0.29, 0.717) is 23.2 Å². The first-order chi connectivity index (χ1) is 14.7. The highest BCUT2D eigenvalue weighted by Gasteiger charge is 2.33. The Morgan fingerprint density at radius 3 is 2.61 bits per heavy atom. The Morgan fingerprint density at radius 2 is 1.97 bits per heavy atom. The van der Waals surface area contributed by atoms with Crippen molar-refractivity contribution < 1.29 is 9.32 Å². The van der Waals surface area contributed by atoms with Crippen molar-refractivity contribution in [1.29, 1.82) is 0 Å². The third kappa shape index (κ3) is 4.64. The van der Waals surface area contributed by atoms with Crippen LogP contribution in [0.4, 0.5) is 0 Å². The Bertz CT molecular complexity index is 1090. The molecule has 0 spiro atoms. The van der Waals surface area contributed by atoms with Crippen LogP contribution in [0, 0.1) is 12.3 Å². The fourth-order valence-corrected chi connectivity index (χ4v) is 4.11. The number of aromatic nitrogens is 3. The maximum atomic E-state index is 12.9. The molecule has 1 unspecified atom stereocenters. The number of carbonyl (C=O) groups is 1. The number of halogens is 1. The van der Waals surface area contributed by atoms with Crippen LogP contribution in [-0.4, -0.2) is 39.0 Å². The largest absolute Gasteiger partial charge is 0.356 e. The van der Waals surface area contributed by atoms with Crippen LogP contribution in [0.1, 0.15) is 50.9 Å². The summed E-state index contributed by atoms with van der Waals surface area (Å²) in [6, 6.07) is 9.38. The van der Waals surface area contributed by atoms with Crippen LogP contribution >= 0.6 is 11.6 Å². The van der Waals surface area contributed by atoms with Crippen molar-refractivity contribution in [3.63, 3.8) is 0 Å². The van der Waals surface area contributed by atoms with E-state index in [9.17, 15) is 4.79 Å². The molecule has 7 heteroatoms. The summed E-state index contributed by atoms with van der Waals surface area (Å²) >= 11 is 6.04. The molecule has 1 saturated heterocycles. The maximum Gasteiger partial charge on any atom is 0.227 e. The minimum Gasteiger partial charge on any atom is -0.356 e. The number of nitrogens with zero attached hydrogens (tertiary/aromatic N) is 4. The summed E-state index contributed by atoms with van der Waals surface area (Å²) in [4.78, 5) is 24.4. The van der Waals surface area contributed by atoms with E-state index in [-0.39, 0.29) is 11.8 Å². The first-order valence-corrected chi connectivity index (χ1v) is 11.0. The van der Waals surface area contributed by atoms with Crippen LogP contribution in [0.25, 0.3) is 22.7 Å². The number of aryl methyl sites for hydroxylation is 1. The lowest BCUT2D eigenvalue weighted by atomic mass is 9.88. The number of carbonyl (C=O) groups excluding carboxylic acids is 1. The SMILES string of the molecule is Cc1cc(-c2cnc(-c3ccc(Cl)cc3)nc2C2CCCN(C(=O)C(C)(C)C)C2)on1. The Kier molecular flexibility index (Phi) is 5.84. The summed E-state index contributed by atoms with van der Waals surface area (Å²) in [7, 11) is 0. The topological polar surface area (TPSA) is 72.1 Å². The Labute approximate surface area is 187 Å². The van der Waals surface area contributed by atoms with Crippen molar-refractivity contribution >= 4 is 17.5 Å². The molecule has 1 aliphatic rings. The van der Waals surface area contributed by atoms with E-state index in [0.717, 1.165) is 41.9 Å². The molecule has 2 aromatic heterocycles. The second kappa shape index (κ2) is 8.42. The van der Waals surface area contributed by atoms with Gasteiger partial charge in [0.2, 0.25) is 5.91 Å². The second-order valence-corrected chi connectivity index (χ2v) is 9.61. The molecule has 3 aromatic rings. The number of hydrogen-bond acceptors (Lipinski definition) is 5. The molecular formula is C24H27ClN4O2. The van der Waals surface area contributed by atoms with Gasteiger partial charge in [-0.25, -0.2) is 9.97 Å². The number of rotatable bonds is 3. The molecule has 3 heterocycles. The molecule has 0 radical (unpaired) electrons. The van der Waals surface area contributed by atoms with Gasteiger partial charge in [0, 0.05) is 47.3 Å². The second-order valence-electron chi connectivity index (χ2n) is 9.17. The lowest BCUT2D eigenvalue weighted by Crippen LogP contribution is -2.44. The maximum absolute atomic E-state index is 12.9. The number of likely N-dealkylation sites (tertiary alicyclic amines) is 1. The highest BCUT2D eigenvalue weighted by molar-refractivity contribution is 6.30. The molecule has 1 atom stereocenters. The molecule has 4 rings (SSSR count). The Hall–Kier alpha value is -2.73. The summed E-state index contributed by atoms with van der Waals surface area (Å²) in [6.45, 7) is 9.19. The molecular weight excluding hydrogens is 412 g/mol. The summed E-state index contributed by atoms with van der Waals surface area (Å²) in [5, 5.41) is 4.70. The van der Waals surface area contributed by atoms with Gasteiger partial charge in [-0.15, -0.1) is 0 Å². The van der Waals surface area contributed by atoms with Gasteiger partial charge in [0.05, 0.1) is 17.0 Å². The molecule has 0 N–H and O–H groups in total. The van der Waals surface area contributed by atoms with Crippen LogP contribution in [0.15, 0.2) is 41.1 Å². The number of piperidine rings is 1. The lowest BCUT2D eigenvalue weighted by molar-refractivity contribution is -0.140. The van der Waals surface area contributed by atoms with Crippen LogP contribution in [-0.2, 0) is 4.79 Å². The van der Waals surface area contributed by atoms with Crippen molar-refractivity contribution in [3.8, 4) is 22.7 Å². The highest BCUT2D eigenvalue weighted by atomic mass is 35.5. The minimum atomic E-state index is -0.410. The first-order valence-electron chi connectivity index (χ1n) is 10.6. The van der Waals surface area contributed by atoms with Gasteiger partial charge in [-0.1, -0.05) is 37.5 Å². The van der Waals surface area contributed by atoms with E-state index in [4.69, 9.17) is 21.1 Å². The molecule has 1 fully saturated rings. The molecule has 6 nitrogen and oxygen atoms in total. The first kappa shape index (κ1) is 21.5. The molecule has 0 bridgehead atoms. The van der Waals surface area contributed by atoms with Gasteiger partial charge in [0.15, 0.2) is 11.6 Å². The third-order valence-electron chi connectivity index (χ3n) is 5.55. The zero-order valence-electron chi connectivity index (χ0n) is 18.4. The molecule has 1 aromatic carbocycles. The van der Waals surface area contributed by atoms with Gasteiger partial charge < -0.3 is 9.42 Å². The predicted octanol–water partition coefficient (Wildman–Crippen LogP) is 5.51. The summed E-state index contributed by atoms with van der Waals surface area (Å²) < 4.78 is 5.54. The van der Waals surface area contributed by atoms with Crippen LogP contribution in [0.5, 0.6) is 0 Å². The smallest absolute Gasteiger partial charge is 0.227 e. The lowest BCUT2D eigenvalue weighted by Gasteiger charge is -2.36. The zero-order valence-corrected chi connectivity index (χ0v) is 19.1. The van der Waals surface area contributed by atoms with Crippen LogP contribution in [0.2, 0.25) is 5.02 Å². The van der Waals surface area contributed by atoms with E-state index < -0.39 is 5.41 Å². The fraction of sp³-hybridized carbons (Fsp3) is 0.417. The molecule has 31 heavy (non-hydrogen) atoms. The molecule has 1 amide bonds. The molecule has 0 aliphatic carbocycles. The van der Waals surface area contributed by atoms with E-state index in [1.54, 1.807) is 6.20 Å². The van der Waals surface area contributed by atoms with Gasteiger partial charge in [-0.3, -0.25) is 4.79 Å². The van der Waals surface area contributed by atoms with Crippen molar-refractivity contribution in [3.05, 3.63) is 52.9 Å². The summed E-state index contributed by atoms with van der Waals surface area (Å²) in [6.07, 6.45) is 3.68. The van der Waals surface area contributed by atoms with Gasteiger partial charge in [0.25, 0.3) is 0 Å². The average molecular weight is 439 g/mol. The van der Waals surface area contributed by atoms with E-state index in [1.165, 1.54) is 0 Å². The van der Waals surface area contributed by atoms with E-state index in [1.807, 2.05) is 62.9 Å². The average Bonchev–Trinajstić information content (AvgIpc) is 3.19. The number of benzene rings is 1. The van der Waals surface area contributed by atoms with Gasteiger partial charge in [-0.05, 0) is 44.0 Å². The van der Waals surface area contributed by atoms with E-state index >= 15 is 0 Å². The quantitative estimate of drug-likeness (QED) is 0.538. The molecule has 0 saturated carbocycles. The van der Waals surface area contributed by atoms with Crippen LogP contribution < -0.4 is 0 Å². The van der Waals surface area contributed by atoms with Gasteiger partial charge >= 0.3 is 0 Å². The van der Waals surface area contributed by atoms with Gasteiger partial charge in [-0.2, -0.15) is 0 Å².